The standard InChI is InChI=1S/C20H20N2O3/c1-2-25-15-10-11-19-18(12-15)16-4-3-5-17(16)20(21-19)13-6-8-14(9-7-13)22(23)24/h3-4,6-12,16-17,20-21H,2,5H2,1H3/t16?,17?,20-/m1/s1. The third-order valence-electron chi connectivity index (χ3n) is 5.11. The summed E-state index contributed by atoms with van der Waals surface area (Å²) in [5.41, 5.74) is 3.59. The number of benzene rings is 2. The van der Waals surface area contributed by atoms with Gasteiger partial charge in [-0.1, -0.05) is 24.3 Å². The van der Waals surface area contributed by atoms with Crippen molar-refractivity contribution in [2.24, 2.45) is 5.92 Å². The van der Waals surface area contributed by atoms with Crippen LogP contribution in [0.3, 0.4) is 0 Å². The fourth-order valence-corrected chi connectivity index (χ4v) is 3.96. The molecule has 4 rings (SSSR count). The molecule has 0 aromatic heterocycles. The SMILES string of the molecule is CCOc1ccc2c(c1)C1C=CCC1[C@@H](c1ccc([N+](=O)[O-])cc1)N2. The van der Waals surface area contributed by atoms with Crippen molar-refractivity contribution in [1.82, 2.24) is 0 Å². The lowest BCUT2D eigenvalue weighted by Gasteiger charge is -2.37. The Morgan fingerprint density at radius 1 is 1.24 bits per heavy atom. The van der Waals surface area contributed by atoms with E-state index < -0.39 is 0 Å². The minimum absolute atomic E-state index is 0.127. The normalized spacial score (nSPS) is 23.5. The number of non-ortho nitro benzene ring substituents is 1. The molecule has 1 N–H and O–H groups in total. The van der Waals surface area contributed by atoms with E-state index in [1.54, 1.807) is 12.1 Å². The predicted molar refractivity (Wildman–Crippen MR) is 97.1 cm³/mol. The lowest BCUT2D eigenvalue weighted by Crippen LogP contribution is -2.29. The molecule has 3 atom stereocenters. The maximum Gasteiger partial charge on any atom is 0.269 e. The Balaban J connectivity index is 1.69. The number of rotatable bonds is 4. The molecule has 0 bridgehead atoms. The number of hydrogen-bond acceptors (Lipinski definition) is 4. The van der Waals surface area contributed by atoms with Gasteiger partial charge in [0.2, 0.25) is 0 Å². The van der Waals surface area contributed by atoms with Gasteiger partial charge in [-0.25, -0.2) is 0 Å². The topological polar surface area (TPSA) is 64.4 Å². The summed E-state index contributed by atoms with van der Waals surface area (Å²) in [6.45, 7) is 2.64. The highest BCUT2D eigenvalue weighted by atomic mass is 16.6. The van der Waals surface area contributed by atoms with Crippen molar-refractivity contribution >= 4 is 11.4 Å². The molecule has 2 aromatic carbocycles. The number of hydrogen-bond donors (Lipinski definition) is 1. The molecule has 0 radical (unpaired) electrons. The van der Waals surface area contributed by atoms with E-state index in [0.29, 0.717) is 18.4 Å². The quantitative estimate of drug-likeness (QED) is 0.494. The largest absolute Gasteiger partial charge is 0.494 e. The molecule has 128 valence electrons. The van der Waals surface area contributed by atoms with Crippen LogP contribution in [0.1, 0.15) is 36.4 Å². The molecule has 0 spiro atoms. The number of nitrogens with one attached hydrogen (secondary N) is 1. The molecule has 2 aromatic rings. The number of fused-ring (bicyclic) bond motifs is 3. The van der Waals surface area contributed by atoms with Crippen molar-refractivity contribution < 1.29 is 9.66 Å². The van der Waals surface area contributed by atoms with Crippen LogP contribution in [-0.2, 0) is 0 Å². The number of nitro benzene ring substituents is 1. The van der Waals surface area contributed by atoms with E-state index in [4.69, 9.17) is 4.74 Å². The van der Waals surface area contributed by atoms with Crippen LogP contribution < -0.4 is 10.1 Å². The Bertz CT molecular complexity index is 829. The smallest absolute Gasteiger partial charge is 0.269 e. The summed E-state index contributed by atoms with van der Waals surface area (Å²) in [5, 5.41) is 14.5. The molecule has 0 amide bonds. The van der Waals surface area contributed by atoms with Gasteiger partial charge in [-0.3, -0.25) is 10.1 Å². The Morgan fingerprint density at radius 2 is 2.04 bits per heavy atom. The molecule has 5 nitrogen and oxygen atoms in total. The van der Waals surface area contributed by atoms with Gasteiger partial charge < -0.3 is 10.1 Å². The molecule has 1 heterocycles. The Morgan fingerprint density at radius 3 is 2.76 bits per heavy atom. The van der Waals surface area contributed by atoms with E-state index >= 15 is 0 Å². The van der Waals surface area contributed by atoms with Crippen molar-refractivity contribution in [3.8, 4) is 5.75 Å². The first kappa shape index (κ1) is 15.7. The second kappa shape index (κ2) is 6.24. The van der Waals surface area contributed by atoms with Gasteiger partial charge in [0.25, 0.3) is 5.69 Å². The zero-order chi connectivity index (χ0) is 17.4. The van der Waals surface area contributed by atoms with Crippen molar-refractivity contribution in [3.63, 3.8) is 0 Å². The van der Waals surface area contributed by atoms with Gasteiger partial charge in [-0.15, -0.1) is 0 Å². The molecule has 2 aliphatic rings. The van der Waals surface area contributed by atoms with Gasteiger partial charge >= 0.3 is 0 Å². The van der Waals surface area contributed by atoms with E-state index in [0.717, 1.165) is 23.4 Å². The molecule has 2 unspecified atom stereocenters. The zero-order valence-electron chi connectivity index (χ0n) is 14.0. The van der Waals surface area contributed by atoms with E-state index in [9.17, 15) is 10.1 Å². The van der Waals surface area contributed by atoms with Crippen molar-refractivity contribution in [2.45, 2.75) is 25.3 Å². The summed E-state index contributed by atoms with van der Waals surface area (Å²) in [6.07, 6.45) is 5.51. The first-order valence-corrected chi connectivity index (χ1v) is 8.61. The van der Waals surface area contributed by atoms with E-state index in [1.807, 2.05) is 25.1 Å². The van der Waals surface area contributed by atoms with Gasteiger partial charge in [0, 0.05) is 23.7 Å². The summed E-state index contributed by atoms with van der Waals surface area (Å²) in [6, 6.07) is 13.2. The van der Waals surface area contributed by atoms with E-state index in [-0.39, 0.29) is 16.7 Å². The Labute approximate surface area is 146 Å². The highest BCUT2D eigenvalue weighted by Crippen LogP contribution is 2.50. The van der Waals surface area contributed by atoms with E-state index in [1.165, 1.54) is 5.56 Å². The molecule has 0 saturated carbocycles. The van der Waals surface area contributed by atoms with Gasteiger partial charge in [-0.05, 0) is 48.6 Å². The van der Waals surface area contributed by atoms with Crippen LogP contribution in [0.2, 0.25) is 0 Å². The molecule has 1 aliphatic carbocycles. The first-order valence-electron chi connectivity index (χ1n) is 8.61. The van der Waals surface area contributed by atoms with E-state index in [2.05, 4.69) is 29.6 Å². The molecular formula is C20H20N2O3. The lowest BCUT2D eigenvalue weighted by atomic mass is 9.77. The van der Waals surface area contributed by atoms with Gasteiger partial charge in [-0.2, -0.15) is 0 Å². The average molecular weight is 336 g/mol. The zero-order valence-corrected chi connectivity index (χ0v) is 14.0. The van der Waals surface area contributed by atoms with Gasteiger partial charge in [0.1, 0.15) is 5.75 Å². The number of anilines is 1. The summed E-state index contributed by atoms with van der Waals surface area (Å²) < 4.78 is 5.65. The third kappa shape index (κ3) is 2.76. The number of allylic oxidation sites excluding steroid dienone is 2. The summed E-state index contributed by atoms with van der Waals surface area (Å²) in [5.74, 6) is 1.65. The van der Waals surface area contributed by atoms with Crippen LogP contribution >= 0.6 is 0 Å². The summed E-state index contributed by atoms with van der Waals surface area (Å²) in [4.78, 5) is 10.5. The second-order valence-corrected chi connectivity index (χ2v) is 6.51. The fourth-order valence-electron chi connectivity index (χ4n) is 3.96. The van der Waals surface area contributed by atoms with Gasteiger partial charge in [0.15, 0.2) is 0 Å². The molecular weight excluding hydrogens is 316 g/mol. The minimum atomic E-state index is -0.359. The highest BCUT2D eigenvalue weighted by molar-refractivity contribution is 5.61. The maximum absolute atomic E-state index is 10.9. The minimum Gasteiger partial charge on any atom is -0.494 e. The number of nitrogens with zero attached hydrogens (tertiary/aromatic N) is 1. The summed E-state index contributed by atoms with van der Waals surface area (Å²) in [7, 11) is 0. The number of nitro groups is 1. The van der Waals surface area contributed by atoms with Crippen molar-refractivity contribution in [2.75, 3.05) is 11.9 Å². The van der Waals surface area contributed by atoms with Crippen molar-refractivity contribution in [3.05, 3.63) is 75.9 Å². The van der Waals surface area contributed by atoms with Crippen LogP contribution in [0, 0.1) is 16.0 Å². The average Bonchev–Trinajstić information content (AvgIpc) is 3.11. The molecule has 5 heteroatoms. The Hall–Kier alpha value is -2.82. The highest BCUT2D eigenvalue weighted by Gasteiger charge is 2.38. The van der Waals surface area contributed by atoms with Crippen LogP contribution in [0.25, 0.3) is 0 Å². The number of ether oxygens (including phenoxy) is 1. The van der Waals surface area contributed by atoms with Crippen LogP contribution in [0.4, 0.5) is 11.4 Å². The van der Waals surface area contributed by atoms with Crippen LogP contribution in [0.15, 0.2) is 54.6 Å². The van der Waals surface area contributed by atoms with Crippen LogP contribution in [0.5, 0.6) is 5.75 Å². The monoisotopic (exact) mass is 336 g/mol. The second-order valence-electron chi connectivity index (χ2n) is 6.51. The molecule has 0 saturated heterocycles. The molecule has 1 aliphatic heterocycles. The van der Waals surface area contributed by atoms with Gasteiger partial charge in [0.05, 0.1) is 17.6 Å². The van der Waals surface area contributed by atoms with Crippen molar-refractivity contribution in [1.29, 1.82) is 0 Å². The first-order chi connectivity index (χ1) is 12.2. The predicted octanol–water partition coefficient (Wildman–Crippen LogP) is 4.82. The fraction of sp³-hybridized carbons (Fsp3) is 0.300. The van der Waals surface area contributed by atoms with Crippen LogP contribution in [-0.4, -0.2) is 11.5 Å². The lowest BCUT2D eigenvalue weighted by molar-refractivity contribution is -0.384. The molecule has 25 heavy (non-hydrogen) atoms. The third-order valence-corrected chi connectivity index (χ3v) is 5.11. The molecule has 0 fully saturated rings. The summed E-state index contributed by atoms with van der Waals surface area (Å²) >= 11 is 0. The Kier molecular flexibility index (Phi) is 3.92. The maximum atomic E-state index is 10.9.